The van der Waals surface area contributed by atoms with Crippen molar-refractivity contribution in [2.45, 2.75) is 72.6 Å². The molecule has 1 saturated carbocycles. The van der Waals surface area contributed by atoms with Crippen molar-refractivity contribution in [1.82, 2.24) is 0 Å². The lowest BCUT2D eigenvalue weighted by atomic mass is 9.58. The highest BCUT2D eigenvalue weighted by Gasteiger charge is 2.45. The van der Waals surface area contributed by atoms with Crippen molar-refractivity contribution >= 4 is 5.78 Å². The maximum Gasteiger partial charge on any atom is 0.136 e. The summed E-state index contributed by atoms with van der Waals surface area (Å²) in [5.74, 6) is 0.927. The van der Waals surface area contributed by atoms with Crippen LogP contribution in [0.5, 0.6) is 0 Å². The van der Waals surface area contributed by atoms with Crippen molar-refractivity contribution in [3.8, 4) is 0 Å². The first-order chi connectivity index (χ1) is 9.99. The van der Waals surface area contributed by atoms with Crippen molar-refractivity contribution in [1.29, 1.82) is 0 Å². The molecular weight excluding hydrogens is 256 g/mol. The number of rotatable bonds is 7. The highest BCUT2D eigenvalue weighted by molar-refractivity contribution is 5.83. The number of hydrogen-bond donors (Lipinski definition) is 0. The first-order valence-electron chi connectivity index (χ1n) is 8.59. The number of benzene rings is 1. The molecule has 1 aromatic carbocycles. The van der Waals surface area contributed by atoms with Crippen LogP contribution in [0.15, 0.2) is 18.2 Å². The summed E-state index contributed by atoms with van der Waals surface area (Å²) in [6, 6.07) is 6.90. The first-order valence-corrected chi connectivity index (χ1v) is 8.59. The van der Waals surface area contributed by atoms with Crippen LogP contribution < -0.4 is 0 Å². The molecule has 1 aromatic rings. The van der Waals surface area contributed by atoms with Gasteiger partial charge in [-0.2, -0.15) is 0 Å². The molecule has 0 saturated heterocycles. The van der Waals surface area contributed by atoms with Gasteiger partial charge in [0.15, 0.2) is 0 Å². The van der Waals surface area contributed by atoms with E-state index in [1.54, 1.807) is 6.92 Å². The fourth-order valence-corrected chi connectivity index (χ4v) is 3.84. The molecule has 1 heteroatoms. The molecule has 1 unspecified atom stereocenters. The lowest BCUT2D eigenvalue weighted by molar-refractivity contribution is -0.135. The van der Waals surface area contributed by atoms with E-state index in [0.29, 0.717) is 11.7 Å². The van der Waals surface area contributed by atoms with Crippen LogP contribution in [0.4, 0.5) is 0 Å². The summed E-state index contributed by atoms with van der Waals surface area (Å²) in [4.78, 5) is 12.0. The summed E-state index contributed by atoms with van der Waals surface area (Å²) >= 11 is 0. The normalized spacial score (nSPS) is 18.1. The molecule has 21 heavy (non-hydrogen) atoms. The van der Waals surface area contributed by atoms with Gasteiger partial charge in [0, 0.05) is 5.41 Å². The molecular formula is C20H30O. The fourth-order valence-electron chi connectivity index (χ4n) is 3.84. The van der Waals surface area contributed by atoms with Gasteiger partial charge in [0.1, 0.15) is 5.78 Å². The van der Waals surface area contributed by atoms with Crippen LogP contribution in [0, 0.1) is 18.3 Å². The van der Waals surface area contributed by atoms with Crippen molar-refractivity contribution < 1.29 is 4.79 Å². The molecule has 0 bridgehead atoms. The Morgan fingerprint density at radius 2 is 2.00 bits per heavy atom. The van der Waals surface area contributed by atoms with Gasteiger partial charge < -0.3 is 0 Å². The van der Waals surface area contributed by atoms with E-state index < -0.39 is 0 Å². The van der Waals surface area contributed by atoms with Gasteiger partial charge in [0.2, 0.25) is 0 Å². The Balaban J connectivity index is 2.02. The molecule has 2 rings (SSSR count). The van der Waals surface area contributed by atoms with Gasteiger partial charge >= 0.3 is 0 Å². The van der Waals surface area contributed by atoms with Gasteiger partial charge in [-0.15, -0.1) is 0 Å². The summed E-state index contributed by atoms with van der Waals surface area (Å²) in [5, 5.41) is 0. The Hall–Kier alpha value is -1.11. The van der Waals surface area contributed by atoms with Crippen molar-refractivity contribution in [3.05, 3.63) is 34.9 Å². The molecule has 0 spiro atoms. The number of carbonyl (C=O) groups is 1. The Kier molecular flexibility index (Phi) is 5.24. The Morgan fingerprint density at radius 1 is 1.29 bits per heavy atom. The van der Waals surface area contributed by atoms with Crippen LogP contribution in [0.2, 0.25) is 0 Å². The van der Waals surface area contributed by atoms with E-state index >= 15 is 0 Å². The van der Waals surface area contributed by atoms with Crippen molar-refractivity contribution in [2.24, 2.45) is 11.3 Å². The minimum absolute atomic E-state index is 0.00886. The molecule has 1 aliphatic carbocycles. The number of hydrogen-bond acceptors (Lipinski definition) is 1. The Labute approximate surface area is 130 Å². The lowest BCUT2D eigenvalue weighted by Gasteiger charge is -2.44. The summed E-state index contributed by atoms with van der Waals surface area (Å²) < 4.78 is 0. The summed E-state index contributed by atoms with van der Waals surface area (Å²) in [6.45, 7) is 8.52. The second-order valence-electron chi connectivity index (χ2n) is 7.02. The quantitative estimate of drug-likeness (QED) is 0.667. The van der Waals surface area contributed by atoms with Crippen LogP contribution >= 0.6 is 0 Å². The van der Waals surface area contributed by atoms with Gasteiger partial charge in [-0.3, -0.25) is 4.79 Å². The third-order valence-electron chi connectivity index (χ3n) is 5.69. The van der Waals surface area contributed by atoms with Crippen LogP contribution in [-0.2, 0) is 17.6 Å². The zero-order valence-electron chi connectivity index (χ0n) is 14.2. The summed E-state index contributed by atoms with van der Waals surface area (Å²) in [5.41, 5.74) is 4.34. The van der Waals surface area contributed by atoms with E-state index in [1.165, 1.54) is 36.0 Å². The molecule has 1 nitrogen and oxygen atoms in total. The zero-order chi connectivity index (χ0) is 15.5. The van der Waals surface area contributed by atoms with Gasteiger partial charge in [-0.25, -0.2) is 0 Å². The molecule has 1 atom stereocenters. The topological polar surface area (TPSA) is 17.1 Å². The van der Waals surface area contributed by atoms with E-state index in [-0.39, 0.29) is 5.41 Å². The predicted molar refractivity (Wildman–Crippen MR) is 89.6 cm³/mol. The highest BCUT2D eigenvalue weighted by Crippen LogP contribution is 2.49. The third kappa shape index (κ3) is 3.39. The van der Waals surface area contributed by atoms with Crippen molar-refractivity contribution in [2.75, 3.05) is 0 Å². The average Bonchev–Trinajstić information content (AvgIpc) is 2.38. The minimum Gasteiger partial charge on any atom is -0.299 e. The number of ketones is 1. The smallest absolute Gasteiger partial charge is 0.136 e. The summed E-state index contributed by atoms with van der Waals surface area (Å²) in [6.07, 6.45) is 8.06. The molecule has 0 aromatic heterocycles. The summed E-state index contributed by atoms with van der Waals surface area (Å²) in [7, 11) is 0. The Bertz CT molecular complexity index is 497. The van der Waals surface area contributed by atoms with Crippen LogP contribution in [0.1, 0.15) is 69.6 Å². The van der Waals surface area contributed by atoms with E-state index in [9.17, 15) is 4.79 Å². The average molecular weight is 286 g/mol. The maximum atomic E-state index is 12.0. The SMILES string of the molecule is CCCc1ccc(C)c(CCC(C)C2(C(C)=O)CCC2)c1. The maximum absolute atomic E-state index is 12.0. The van der Waals surface area contributed by atoms with Crippen LogP contribution in [-0.4, -0.2) is 5.78 Å². The van der Waals surface area contributed by atoms with E-state index in [2.05, 4.69) is 39.0 Å². The monoisotopic (exact) mass is 286 g/mol. The third-order valence-corrected chi connectivity index (χ3v) is 5.69. The highest BCUT2D eigenvalue weighted by atomic mass is 16.1. The molecule has 1 fully saturated rings. The zero-order valence-corrected chi connectivity index (χ0v) is 14.2. The molecule has 0 radical (unpaired) electrons. The van der Waals surface area contributed by atoms with E-state index in [0.717, 1.165) is 25.7 Å². The fraction of sp³-hybridized carbons (Fsp3) is 0.650. The molecule has 0 amide bonds. The lowest BCUT2D eigenvalue weighted by Crippen LogP contribution is -2.42. The van der Waals surface area contributed by atoms with Crippen LogP contribution in [0.25, 0.3) is 0 Å². The second-order valence-corrected chi connectivity index (χ2v) is 7.02. The largest absolute Gasteiger partial charge is 0.299 e. The molecule has 116 valence electrons. The minimum atomic E-state index is 0.00886. The Morgan fingerprint density at radius 3 is 2.52 bits per heavy atom. The molecule has 1 aliphatic rings. The van der Waals surface area contributed by atoms with Gasteiger partial charge in [-0.1, -0.05) is 44.9 Å². The molecule has 0 N–H and O–H groups in total. The van der Waals surface area contributed by atoms with Crippen LogP contribution in [0.3, 0.4) is 0 Å². The predicted octanol–water partition coefficient (Wildman–Crippen LogP) is 5.28. The number of carbonyl (C=O) groups excluding carboxylic acids is 1. The number of Topliss-reactive ketones (excluding diaryl/α,β-unsaturated/α-hetero) is 1. The standard InChI is InChI=1S/C20H30O/c1-5-7-18-10-8-15(2)19(14-18)11-9-16(3)20(17(4)21)12-6-13-20/h8,10,14,16H,5-7,9,11-13H2,1-4H3. The van der Waals surface area contributed by atoms with E-state index in [1.807, 2.05) is 0 Å². The molecule has 0 aliphatic heterocycles. The molecule has 0 heterocycles. The van der Waals surface area contributed by atoms with Crippen molar-refractivity contribution in [3.63, 3.8) is 0 Å². The second kappa shape index (κ2) is 6.77. The van der Waals surface area contributed by atoms with Gasteiger partial charge in [0.05, 0.1) is 0 Å². The van der Waals surface area contributed by atoms with E-state index in [4.69, 9.17) is 0 Å². The van der Waals surface area contributed by atoms with Gasteiger partial charge in [-0.05, 0) is 68.6 Å². The first kappa shape index (κ1) is 16.3. The van der Waals surface area contributed by atoms with Gasteiger partial charge in [0.25, 0.3) is 0 Å². The number of aryl methyl sites for hydroxylation is 3.